The van der Waals surface area contributed by atoms with Gasteiger partial charge in [0.25, 0.3) is 0 Å². The van der Waals surface area contributed by atoms with Crippen LogP contribution in [0.3, 0.4) is 0 Å². The van der Waals surface area contributed by atoms with Gasteiger partial charge in [-0.2, -0.15) is 0 Å². The first-order valence-corrected chi connectivity index (χ1v) is 5.97. The zero-order chi connectivity index (χ0) is 10.1. The normalized spacial score (nSPS) is 22.4. The van der Waals surface area contributed by atoms with Gasteiger partial charge in [-0.15, -0.1) is 0 Å². The van der Waals surface area contributed by atoms with Crippen LogP contribution in [-0.4, -0.2) is 0 Å². The van der Waals surface area contributed by atoms with Crippen molar-refractivity contribution in [3.63, 3.8) is 0 Å². The predicted molar refractivity (Wildman–Crippen MR) is 59.7 cm³/mol. The van der Waals surface area contributed by atoms with Gasteiger partial charge in [-0.3, -0.25) is 0 Å². The Morgan fingerprint density at radius 3 is 2.00 bits per heavy atom. The third kappa shape index (κ3) is 2.72. The quantitative estimate of drug-likeness (QED) is 0.587. The van der Waals surface area contributed by atoms with E-state index in [1.54, 1.807) is 0 Å². The highest BCUT2D eigenvalue weighted by Gasteiger charge is 2.42. The SMILES string of the molecule is CC(C)CCC(C)(C(C)C)C1CC1. The summed E-state index contributed by atoms with van der Waals surface area (Å²) in [5.74, 6) is 2.78. The van der Waals surface area contributed by atoms with Crippen LogP contribution >= 0.6 is 0 Å². The third-order valence-electron chi connectivity index (χ3n) is 4.09. The first kappa shape index (κ1) is 11.1. The lowest BCUT2D eigenvalue weighted by Gasteiger charge is -2.35. The second-order valence-corrected chi connectivity index (χ2v) is 5.87. The molecule has 1 atom stereocenters. The highest BCUT2D eigenvalue weighted by atomic mass is 14.5. The van der Waals surface area contributed by atoms with E-state index < -0.39 is 0 Å². The van der Waals surface area contributed by atoms with Gasteiger partial charge in [0, 0.05) is 0 Å². The van der Waals surface area contributed by atoms with Crippen LogP contribution in [0, 0.1) is 23.2 Å². The summed E-state index contributed by atoms with van der Waals surface area (Å²) in [5.41, 5.74) is 0.643. The Morgan fingerprint density at radius 2 is 1.69 bits per heavy atom. The fraction of sp³-hybridized carbons (Fsp3) is 1.00. The monoisotopic (exact) mass is 182 g/mol. The molecule has 0 nitrogen and oxygen atoms in total. The van der Waals surface area contributed by atoms with Gasteiger partial charge in [-0.1, -0.05) is 41.0 Å². The summed E-state index contributed by atoms with van der Waals surface area (Å²) in [5, 5.41) is 0. The first-order valence-electron chi connectivity index (χ1n) is 5.97. The molecule has 0 saturated heterocycles. The van der Waals surface area contributed by atoms with E-state index >= 15 is 0 Å². The molecule has 0 heterocycles. The molecule has 0 aromatic heterocycles. The smallest absolute Gasteiger partial charge is 0.0274 e. The molecule has 1 rings (SSSR count). The van der Waals surface area contributed by atoms with Crippen LogP contribution in [0.4, 0.5) is 0 Å². The zero-order valence-corrected chi connectivity index (χ0v) is 10.1. The van der Waals surface area contributed by atoms with Crippen molar-refractivity contribution in [2.75, 3.05) is 0 Å². The van der Waals surface area contributed by atoms with Gasteiger partial charge in [-0.25, -0.2) is 0 Å². The van der Waals surface area contributed by atoms with Crippen molar-refractivity contribution in [2.24, 2.45) is 23.2 Å². The minimum absolute atomic E-state index is 0.643. The predicted octanol–water partition coefficient (Wildman–Crippen LogP) is 4.49. The third-order valence-corrected chi connectivity index (χ3v) is 4.09. The van der Waals surface area contributed by atoms with Crippen molar-refractivity contribution in [3.05, 3.63) is 0 Å². The van der Waals surface area contributed by atoms with E-state index in [1.165, 1.54) is 25.7 Å². The van der Waals surface area contributed by atoms with Crippen LogP contribution in [-0.2, 0) is 0 Å². The van der Waals surface area contributed by atoms with Crippen molar-refractivity contribution in [2.45, 2.75) is 60.3 Å². The summed E-state index contributed by atoms with van der Waals surface area (Å²) >= 11 is 0. The Labute approximate surface area is 84.1 Å². The maximum atomic E-state index is 2.51. The van der Waals surface area contributed by atoms with Gasteiger partial charge in [0.15, 0.2) is 0 Å². The molecular weight excluding hydrogens is 156 g/mol. The number of hydrogen-bond donors (Lipinski definition) is 0. The van der Waals surface area contributed by atoms with E-state index in [-0.39, 0.29) is 0 Å². The van der Waals surface area contributed by atoms with Gasteiger partial charge >= 0.3 is 0 Å². The van der Waals surface area contributed by atoms with Crippen LogP contribution in [0.1, 0.15) is 60.3 Å². The second-order valence-electron chi connectivity index (χ2n) is 5.87. The van der Waals surface area contributed by atoms with E-state index in [0.717, 1.165) is 17.8 Å². The Hall–Kier alpha value is 0. The van der Waals surface area contributed by atoms with E-state index in [1.807, 2.05) is 0 Å². The minimum Gasteiger partial charge on any atom is -0.0628 e. The van der Waals surface area contributed by atoms with Gasteiger partial charge in [-0.05, 0) is 42.4 Å². The molecule has 1 saturated carbocycles. The molecule has 1 aliphatic rings. The molecular formula is C13H26. The molecule has 1 aliphatic carbocycles. The number of rotatable bonds is 5. The summed E-state index contributed by atoms with van der Waals surface area (Å²) < 4.78 is 0. The fourth-order valence-electron chi connectivity index (χ4n) is 2.31. The van der Waals surface area contributed by atoms with E-state index in [9.17, 15) is 0 Å². The molecule has 0 N–H and O–H groups in total. The van der Waals surface area contributed by atoms with Gasteiger partial charge < -0.3 is 0 Å². The molecule has 0 aliphatic heterocycles. The van der Waals surface area contributed by atoms with Crippen LogP contribution in [0.15, 0.2) is 0 Å². The van der Waals surface area contributed by atoms with Crippen LogP contribution < -0.4 is 0 Å². The van der Waals surface area contributed by atoms with E-state index in [2.05, 4.69) is 34.6 Å². The van der Waals surface area contributed by atoms with E-state index in [4.69, 9.17) is 0 Å². The van der Waals surface area contributed by atoms with Gasteiger partial charge in [0.1, 0.15) is 0 Å². The summed E-state index contributed by atoms with van der Waals surface area (Å²) in [7, 11) is 0. The first-order chi connectivity index (χ1) is 5.97. The lowest BCUT2D eigenvalue weighted by Crippen LogP contribution is -2.26. The minimum atomic E-state index is 0.643. The van der Waals surface area contributed by atoms with Crippen molar-refractivity contribution in [1.29, 1.82) is 0 Å². The highest BCUT2D eigenvalue weighted by Crippen LogP contribution is 2.52. The fourth-order valence-corrected chi connectivity index (χ4v) is 2.31. The molecule has 0 bridgehead atoms. The average molecular weight is 182 g/mol. The Balaban J connectivity index is 2.46. The second kappa shape index (κ2) is 4.02. The summed E-state index contributed by atoms with van der Waals surface area (Å²) in [6.07, 6.45) is 5.83. The molecule has 1 fully saturated rings. The van der Waals surface area contributed by atoms with Crippen molar-refractivity contribution in [1.82, 2.24) is 0 Å². The molecule has 0 aromatic rings. The maximum absolute atomic E-state index is 2.51. The summed E-state index contributed by atoms with van der Waals surface area (Å²) in [6.45, 7) is 12.0. The lowest BCUT2D eigenvalue weighted by molar-refractivity contribution is 0.150. The van der Waals surface area contributed by atoms with Gasteiger partial charge in [0.2, 0.25) is 0 Å². The molecule has 0 radical (unpaired) electrons. The summed E-state index contributed by atoms with van der Waals surface area (Å²) in [6, 6.07) is 0. The Morgan fingerprint density at radius 1 is 1.15 bits per heavy atom. The van der Waals surface area contributed by atoms with Crippen molar-refractivity contribution in [3.8, 4) is 0 Å². The standard InChI is InChI=1S/C13H26/c1-10(2)8-9-13(5,11(3)4)12-6-7-12/h10-12H,6-9H2,1-5H3. The zero-order valence-electron chi connectivity index (χ0n) is 10.1. The largest absolute Gasteiger partial charge is 0.0628 e. The topological polar surface area (TPSA) is 0 Å². The Kier molecular flexibility index (Phi) is 3.43. The van der Waals surface area contributed by atoms with Crippen molar-refractivity contribution < 1.29 is 0 Å². The molecule has 0 aromatic carbocycles. The Bertz CT molecular complexity index is 149. The average Bonchev–Trinajstić information content (AvgIpc) is 2.81. The lowest BCUT2D eigenvalue weighted by atomic mass is 9.70. The molecule has 1 unspecified atom stereocenters. The molecule has 0 heteroatoms. The van der Waals surface area contributed by atoms with Crippen LogP contribution in [0.5, 0.6) is 0 Å². The van der Waals surface area contributed by atoms with Crippen molar-refractivity contribution >= 4 is 0 Å². The molecule has 78 valence electrons. The number of hydrogen-bond acceptors (Lipinski definition) is 0. The highest BCUT2D eigenvalue weighted by molar-refractivity contribution is 4.92. The molecule has 0 spiro atoms. The van der Waals surface area contributed by atoms with Gasteiger partial charge in [0.05, 0.1) is 0 Å². The maximum Gasteiger partial charge on any atom is -0.0274 e. The van der Waals surface area contributed by atoms with Crippen LogP contribution in [0.2, 0.25) is 0 Å². The summed E-state index contributed by atoms with van der Waals surface area (Å²) in [4.78, 5) is 0. The van der Waals surface area contributed by atoms with E-state index in [0.29, 0.717) is 5.41 Å². The van der Waals surface area contributed by atoms with Crippen LogP contribution in [0.25, 0.3) is 0 Å². The molecule has 0 amide bonds. The molecule has 13 heavy (non-hydrogen) atoms.